The lowest BCUT2D eigenvalue weighted by Crippen LogP contribution is -2.44. The average Bonchev–Trinajstić information content (AvgIpc) is 2.03. The third kappa shape index (κ3) is 2.77. The van der Waals surface area contributed by atoms with Gasteiger partial charge in [0.15, 0.2) is 0 Å². The maximum Gasteiger partial charge on any atom is 0.0619 e. The summed E-state index contributed by atoms with van der Waals surface area (Å²) in [5, 5.41) is 8.63. The van der Waals surface area contributed by atoms with Crippen molar-refractivity contribution in [1.29, 1.82) is 0 Å². The molecule has 0 unspecified atom stereocenters. The second-order valence-corrected chi connectivity index (χ2v) is 3.04. The first kappa shape index (κ1) is 8.97. The Hall–Kier alpha value is -0.120. The molecule has 1 saturated heterocycles. The third-order valence-electron chi connectivity index (χ3n) is 2.11. The van der Waals surface area contributed by atoms with Crippen LogP contribution in [0.3, 0.4) is 0 Å². The first-order chi connectivity index (χ1) is 5.34. The number of ether oxygens (including phenoxy) is 1. The zero-order chi connectivity index (χ0) is 8.10. The van der Waals surface area contributed by atoms with Crippen LogP contribution in [0.2, 0.25) is 0 Å². The highest BCUT2D eigenvalue weighted by atomic mass is 16.5. The van der Waals surface area contributed by atoms with Crippen molar-refractivity contribution < 1.29 is 9.84 Å². The van der Waals surface area contributed by atoms with Gasteiger partial charge >= 0.3 is 0 Å². The summed E-state index contributed by atoms with van der Waals surface area (Å²) >= 11 is 0. The molecule has 0 spiro atoms. The maximum absolute atomic E-state index is 8.63. The Bertz CT molecular complexity index is 108. The molecule has 0 saturated carbocycles. The molecule has 0 bridgehead atoms. The van der Waals surface area contributed by atoms with Crippen LogP contribution in [0.4, 0.5) is 0 Å². The summed E-state index contributed by atoms with van der Waals surface area (Å²) in [5.74, 6) is 0. The van der Waals surface area contributed by atoms with Crippen molar-refractivity contribution in [2.24, 2.45) is 0 Å². The van der Waals surface area contributed by atoms with Crippen LogP contribution in [0.15, 0.2) is 0 Å². The SMILES string of the molecule is C[C@@H]1COCCN1CCCO. The molecule has 1 aliphatic heterocycles. The van der Waals surface area contributed by atoms with Gasteiger partial charge in [0.05, 0.1) is 13.2 Å². The molecule has 0 aliphatic carbocycles. The van der Waals surface area contributed by atoms with Crippen molar-refractivity contribution >= 4 is 0 Å². The van der Waals surface area contributed by atoms with Crippen LogP contribution in [0.5, 0.6) is 0 Å². The largest absolute Gasteiger partial charge is 0.396 e. The number of nitrogens with zero attached hydrogens (tertiary/aromatic N) is 1. The summed E-state index contributed by atoms with van der Waals surface area (Å²) < 4.78 is 5.29. The van der Waals surface area contributed by atoms with E-state index in [1.54, 1.807) is 0 Å². The van der Waals surface area contributed by atoms with Crippen molar-refractivity contribution in [3.05, 3.63) is 0 Å². The first-order valence-electron chi connectivity index (χ1n) is 4.27. The van der Waals surface area contributed by atoms with E-state index in [-0.39, 0.29) is 0 Å². The molecule has 3 nitrogen and oxygen atoms in total. The topological polar surface area (TPSA) is 32.7 Å². The molecular formula is C8H17NO2. The summed E-state index contributed by atoms with van der Waals surface area (Å²) in [6.07, 6.45) is 0.879. The molecule has 66 valence electrons. The molecule has 1 fully saturated rings. The van der Waals surface area contributed by atoms with Crippen molar-refractivity contribution in [2.45, 2.75) is 19.4 Å². The highest BCUT2D eigenvalue weighted by molar-refractivity contribution is 4.70. The lowest BCUT2D eigenvalue weighted by atomic mass is 10.2. The minimum atomic E-state index is 0.296. The fourth-order valence-corrected chi connectivity index (χ4v) is 1.37. The Morgan fingerprint density at radius 1 is 1.64 bits per heavy atom. The molecule has 0 radical (unpaired) electrons. The van der Waals surface area contributed by atoms with Gasteiger partial charge in [-0.1, -0.05) is 0 Å². The Kier molecular flexibility index (Phi) is 3.83. The summed E-state index contributed by atoms with van der Waals surface area (Å²) in [7, 11) is 0. The smallest absolute Gasteiger partial charge is 0.0619 e. The fourth-order valence-electron chi connectivity index (χ4n) is 1.37. The van der Waals surface area contributed by atoms with Crippen LogP contribution in [-0.4, -0.2) is 49.0 Å². The Morgan fingerprint density at radius 3 is 3.09 bits per heavy atom. The second kappa shape index (κ2) is 4.70. The highest BCUT2D eigenvalue weighted by Gasteiger charge is 2.17. The van der Waals surface area contributed by atoms with Gasteiger partial charge in [0.2, 0.25) is 0 Å². The molecule has 0 aromatic heterocycles. The molecule has 1 N–H and O–H groups in total. The van der Waals surface area contributed by atoms with E-state index in [2.05, 4.69) is 11.8 Å². The maximum atomic E-state index is 8.63. The highest BCUT2D eigenvalue weighted by Crippen LogP contribution is 2.05. The van der Waals surface area contributed by atoms with Crippen LogP contribution in [0, 0.1) is 0 Å². The third-order valence-corrected chi connectivity index (χ3v) is 2.11. The summed E-state index contributed by atoms with van der Waals surface area (Å²) in [4.78, 5) is 2.36. The normalized spacial score (nSPS) is 27.3. The van der Waals surface area contributed by atoms with Crippen LogP contribution >= 0.6 is 0 Å². The minimum Gasteiger partial charge on any atom is -0.396 e. The van der Waals surface area contributed by atoms with Crippen LogP contribution in [0.25, 0.3) is 0 Å². The van der Waals surface area contributed by atoms with Crippen molar-refractivity contribution in [1.82, 2.24) is 4.90 Å². The molecule has 0 amide bonds. The Balaban J connectivity index is 2.18. The van der Waals surface area contributed by atoms with Crippen molar-refractivity contribution in [3.63, 3.8) is 0 Å². The van der Waals surface area contributed by atoms with E-state index in [0.29, 0.717) is 12.6 Å². The number of aliphatic hydroxyl groups excluding tert-OH is 1. The van der Waals surface area contributed by atoms with Crippen LogP contribution in [-0.2, 0) is 4.74 Å². The van der Waals surface area contributed by atoms with Crippen LogP contribution in [0.1, 0.15) is 13.3 Å². The molecule has 1 aliphatic rings. The Labute approximate surface area is 68.0 Å². The van der Waals surface area contributed by atoms with E-state index in [1.807, 2.05) is 0 Å². The average molecular weight is 159 g/mol. The van der Waals surface area contributed by atoms with Gasteiger partial charge in [-0.15, -0.1) is 0 Å². The molecular weight excluding hydrogens is 142 g/mol. The van der Waals surface area contributed by atoms with Gasteiger partial charge in [0.1, 0.15) is 0 Å². The van der Waals surface area contributed by atoms with Gasteiger partial charge in [-0.3, -0.25) is 4.90 Å². The lowest BCUT2D eigenvalue weighted by molar-refractivity contribution is -0.00238. The van der Waals surface area contributed by atoms with Gasteiger partial charge in [-0.05, 0) is 13.3 Å². The van der Waals surface area contributed by atoms with E-state index in [1.165, 1.54) is 0 Å². The van der Waals surface area contributed by atoms with Gasteiger partial charge in [-0.2, -0.15) is 0 Å². The first-order valence-corrected chi connectivity index (χ1v) is 4.27. The summed E-state index contributed by atoms with van der Waals surface area (Å²) in [5.41, 5.74) is 0. The van der Waals surface area contributed by atoms with Gasteiger partial charge < -0.3 is 9.84 Å². The summed E-state index contributed by atoms with van der Waals surface area (Å²) in [6, 6.07) is 0.523. The predicted molar refractivity (Wildman–Crippen MR) is 43.6 cm³/mol. The zero-order valence-electron chi connectivity index (χ0n) is 7.12. The minimum absolute atomic E-state index is 0.296. The zero-order valence-corrected chi connectivity index (χ0v) is 7.12. The predicted octanol–water partition coefficient (Wildman–Crippen LogP) is 0.0895. The molecule has 1 heterocycles. The van der Waals surface area contributed by atoms with Crippen LogP contribution < -0.4 is 0 Å². The van der Waals surface area contributed by atoms with E-state index in [4.69, 9.17) is 9.84 Å². The standard InChI is InChI=1S/C8H17NO2/c1-8-7-11-6-4-9(8)3-2-5-10/h8,10H,2-7H2,1H3/t8-/m1/s1. The number of aliphatic hydroxyl groups is 1. The van der Waals surface area contributed by atoms with E-state index in [9.17, 15) is 0 Å². The molecule has 3 heteroatoms. The number of morpholine rings is 1. The van der Waals surface area contributed by atoms with Gasteiger partial charge in [-0.25, -0.2) is 0 Å². The second-order valence-electron chi connectivity index (χ2n) is 3.04. The summed E-state index contributed by atoms with van der Waals surface area (Å²) in [6.45, 7) is 6.16. The molecule has 11 heavy (non-hydrogen) atoms. The van der Waals surface area contributed by atoms with Gasteiger partial charge in [0.25, 0.3) is 0 Å². The van der Waals surface area contributed by atoms with E-state index in [0.717, 1.165) is 32.7 Å². The van der Waals surface area contributed by atoms with E-state index >= 15 is 0 Å². The van der Waals surface area contributed by atoms with Crippen molar-refractivity contribution in [2.75, 3.05) is 32.9 Å². The Morgan fingerprint density at radius 2 is 2.45 bits per heavy atom. The molecule has 0 aromatic carbocycles. The van der Waals surface area contributed by atoms with Gasteiger partial charge in [0, 0.05) is 25.7 Å². The molecule has 1 rings (SSSR count). The number of hydrogen-bond acceptors (Lipinski definition) is 3. The number of rotatable bonds is 3. The molecule has 1 atom stereocenters. The lowest BCUT2D eigenvalue weighted by Gasteiger charge is -2.32. The molecule has 0 aromatic rings. The van der Waals surface area contributed by atoms with E-state index < -0.39 is 0 Å². The monoisotopic (exact) mass is 159 g/mol. The van der Waals surface area contributed by atoms with Crippen molar-refractivity contribution in [3.8, 4) is 0 Å². The quantitative estimate of drug-likeness (QED) is 0.633. The number of hydrogen-bond donors (Lipinski definition) is 1. The fraction of sp³-hybridized carbons (Fsp3) is 1.00.